The van der Waals surface area contributed by atoms with Crippen molar-refractivity contribution in [3.63, 3.8) is 0 Å². The molecule has 0 aromatic carbocycles. The Morgan fingerprint density at radius 1 is 1.53 bits per heavy atom. The number of nitrogens with zero attached hydrogens (tertiary/aromatic N) is 4. The van der Waals surface area contributed by atoms with Crippen LogP contribution >= 0.6 is 0 Å². The van der Waals surface area contributed by atoms with Gasteiger partial charge in [-0.05, 0) is 13.1 Å². The molecule has 0 radical (unpaired) electrons. The normalized spacial score (nSPS) is 10.5. The SMILES string of the molecule is CNCc1ccnc(-n2cncn2)c1F. The Kier molecular flexibility index (Phi) is 2.68. The lowest BCUT2D eigenvalue weighted by Crippen LogP contribution is -2.10. The predicted molar refractivity (Wildman–Crippen MR) is 51.9 cm³/mol. The van der Waals surface area contributed by atoms with Crippen molar-refractivity contribution in [3.05, 3.63) is 36.3 Å². The van der Waals surface area contributed by atoms with Gasteiger partial charge in [0.15, 0.2) is 11.6 Å². The highest BCUT2D eigenvalue weighted by Crippen LogP contribution is 2.12. The number of hydrogen-bond donors (Lipinski definition) is 1. The minimum Gasteiger partial charge on any atom is -0.316 e. The lowest BCUT2D eigenvalue weighted by atomic mass is 10.2. The Labute approximate surface area is 86.0 Å². The lowest BCUT2D eigenvalue weighted by Gasteiger charge is -2.05. The second-order valence-corrected chi connectivity index (χ2v) is 2.98. The standard InChI is InChI=1S/C9H10FN5/c1-11-4-7-2-3-13-9(8(7)10)15-6-12-5-14-15/h2-3,5-6,11H,4H2,1H3. The summed E-state index contributed by atoms with van der Waals surface area (Å²) in [5, 5.41) is 6.72. The van der Waals surface area contributed by atoms with Gasteiger partial charge in [-0.3, -0.25) is 0 Å². The first kappa shape index (κ1) is 9.72. The first-order valence-corrected chi connectivity index (χ1v) is 4.46. The van der Waals surface area contributed by atoms with Gasteiger partial charge in [0.1, 0.15) is 12.7 Å². The van der Waals surface area contributed by atoms with Crippen molar-refractivity contribution < 1.29 is 4.39 Å². The van der Waals surface area contributed by atoms with E-state index in [9.17, 15) is 4.39 Å². The number of pyridine rings is 1. The summed E-state index contributed by atoms with van der Waals surface area (Å²) in [6.07, 6.45) is 4.30. The summed E-state index contributed by atoms with van der Waals surface area (Å²) in [7, 11) is 1.76. The zero-order valence-corrected chi connectivity index (χ0v) is 8.18. The average Bonchev–Trinajstić information content (AvgIpc) is 2.74. The van der Waals surface area contributed by atoms with Crippen LogP contribution in [-0.4, -0.2) is 26.8 Å². The molecule has 15 heavy (non-hydrogen) atoms. The highest BCUT2D eigenvalue weighted by Gasteiger charge is 2.10. The molecule has 2 rings (SSSR count). The summed E-state index contributed by atoms with van der Waals surface area (Å²) in [5.74, 6) is -0.211. The smallest absolute Gasteiger partial charge is 0.191 e. The van der Waals surface area contributed by atoms with Gasteiger partial charge in [-0.15, -0.1) is 0 Å². The van der Waals surface area contributed by atoms with E-state index in [1.807, 2.05) is 0 Å². The van der Waals surface area contributed by atoms with Crippen molar-refractivity contribution in [2.45, 2.75) is 6.54 Å². The molecule has 2 heterocycles. The first-order valence-electron chi connectivity index (χ1n) is 4.46. The molecule has 6 heteroatoms. The van der Waals surface area contributed by atoms with Crippen LogP contribution in [0.25, 0.3) is 5.82 Å². The number of hydrogen-bond acceptors (Lipinski definition) is 4. The van der Waals surface area contributed by atoms with E-state index in [0.717, 1.165) is 0 Å². The number of nitrogens with one attached hydrogen (secondary N) is 1. The van der Waals surface area contributed by atoms with Crippen molar-refractivity contribution in [1.82, 2.24) is 25.1 Å². The Hall–Kier alpha value is -1.82. The molecule has 0 saturated carbocycles. The summed E-state index contributed by atoms with van der Waals surface area (Å²) >= 11 is 0. The third-order valence-electron chi connectivity index (χ3n) is 1.95. The molecule has 2 aromatic heterocycles. The molecule has 1 N–H and O–H groups in total. The van der Waals surface area contributed by atoms with Gasteiger partial charge in [0.05, 0.1) is 0 Å². The molecule has 0 aliphatic rings. The zero-order chi connectivity index (χ0) is 10.7. The zero-order valence-electron chi connectivity index (χ0n) is 8.18. The molecule has 0 atom stereocenters. The van der Waals surface area contributed by atoms with Crippen LogP contribution in [0.2, 0.25) is 0 Å². The third kappa shape index (κ3) is 1.84. The fourth-order valence-corrected chi connectivity index (χ4v) is 1.28. The highest BCUT2D eigenvalue weighted by atomic mass is 19.1. The minimum absolute atomic E-state index is 0.167. The van der Waals surface area contributed by atoms with Gasteiger partial charge >= 0.3 is 0 Å². The van der Waals surface area contributed by atoms with E-state index in [2.05, 4.69) is 20.4 Å². The number of aromatic nitrogens is 4. The van der Waals surface area contributed by atoms with Gasteiger partial charge in [-0.2, -0.15) is 9.78 Å². The van der Waals surface area contributed by atoms with Crippen molar-refractivity contribution in [3.8, 4) is 5.82 Å². The van der Waals surface area contributed by atoms with Crippen molar-refractivity contribution >= 4 is 0 Å². The summed E-state index contributed by atoms with van der Waals surface area (Å²) in [6, 6.07) is 1.63. The lowest BCUT2D eigenvalue weighted by molar-refractivity contribution is 0.577. The largest absolute Gasteiger partial charge is 0.316 e. The summed E-state index contributed by atoms with van der Waals surface area (Å²) in [4.78, 5) is 7.67. The van der Waals surface area contributed by atoms with E-state index in [-0.39, 0.29) is 11.6 Å². The fraction of sp³-hybridized carbons (Fsp3) is 0.222. The van der Waals surface area contributed by atoms with Gasteiger partial charge in [0, 0.05) is 18.3 Å². The van der Waals surface area contributed by atoms with Gasteiger partial charge in [-0.1, -0.05) is 0 Å². The maximum absolute atomic E-state index is 13.8. The third-order valence-corrected chi connectivity index (χ3v) is 1.95. The summed E-state index contributed by atoms with van der Waals surface area (Å²) in [6.45, 7) is 0.454. The maximum atomic E-state index is 13.8. The van der Waals surface area contributed by atoms with Gasteiger partial charge < -0.3 is 5.32 Å². The quantitative estimate of drug-likeness (QED) is 0.797. The van der Waals surface area contributed by atoms with E-state index < -0.39 is 0 Å². The second-order valence-electron chi connectivity index (χ2n) is 2.98. The van der Waals surface area contributed by atoms with E-state index >= 15 is 0 Å². The van der Waals surface area contributed by atoms with Crippen LogP contribution in [0.15, 0.2) is 24.9 Å². The molecule has 0 aliphatic carbocycles. The van der Waals surface area contributed by atoms with Gasteiger partial charge in [-0.25, -0.2) is 14.4 Å². The molecule has 0 spiro atoms. The molecule has 0 aliphatic heterocycles. The number of rotatable bonds is 3. The molecule has 78 valence electrons. The molecule has 0 saturated heterocycles. The fourth-order valence-electron chi connectivity index (χ4n) is 1.28. The van der Waals surface area contributed by atoms with Crippen molar-refractivity contribution in [2.75, 3.05) is 7.05 Å². The monoisotopic (exact) mass is 207 g/mol. The first-order chi connectivity index (χ1) is 7.33. The minimum atomic E-state index is -0.377. The molecular weight excluding hydrogens is 197 g/mol. The topological polar surface area (TPSA) is 55.6 Å². The molecule has 0 unspecified atom stereocenters. The Balaban J connectivity index is 2.45. The molecule has 0 bridgehead atoms. The molecule has 5 nitrogen and oxygen atoms in total. The molecular formula is C9H10FN5. The van der Waals surface area contributed by atoms with Crippen LogP contribution in [0.1, 0.15) is 5.56 Å². The van der Waals surface area contributed by atoms with Crippen LogP contribution in [0, 0.1) is 5.82 Å². The maximum Gasteiger partial charge on any atom is 0.191 e. The predicted octanol–water partition coefficient (Wildman–Crippen LogP) is 0.521. The van der Waals surface area contributed by atoms with Gasteiger partial charge in [0.2, 0.25) is 0 Å². The van der Waals surface area contributed by atoms with Crippen LogP contribution in [0.4, 0.5) is 4.39 Å². The van der Waals surface area contributed by atoms with Gasteiger partial charge in [0.25, 0.3) is 0 Å². The van der Waals surface area contributed by atoms with Crippen LogP contribution in [0.5, 0.6) is 0 Å². The second kappa shape index (κ2) is 4.14. The molecule has 2 aromatic rings. The Morgan fingerprint density at radius 3 is 3.07 bits per heavy atom. The van der Waals surface area contributed by atoms with Crippen molar-refractivity contribution in [1.29, 1.82) is 0 Å². The van der Waals surface area contributed by atoms with E-state index in [4.69, 9.17) is 0 Å². The molecule has 0 fully saturated rings. The van der Waals surface area contributed by atoms with Crippen LogP contribution < -0.4 is 5.32 Å². The van der Waals surface area contributed by atoms with E-state index in [1.54, 1.807) is 19.3 Å². The average molecular weight is 207 g/mol. The van der Waals surface area contributed by atoms with Crippen LogP contribution in [0.3, 0.4) is 0 Å². The Morgan fingerprint density at radius 2 is 2.40 bits per heavy atom. The summed E-state index contributed by atoms with van der Waals surface area (Å²) in [5.41, 5.74) is 0.554. The highest BCUT2D eigenvalue weighted by molar-refractivity contribution is 5.29. The Bertz CT molecular complexity index is 440. The summed E-state index contributed by atoms with van der Waals surface area (Å²) < 4.78 is 15.1. The van der Waals surface area contributed by atoms with E-state index in [0.29, 0.717) is 12.1 Å². The molecule has 0 amide bonds. The van der Waals surface area contributed by atoms with E-state index in [1.165, 1.54) is 17.3 Å². The van der Waals surface area contributed by atoms with Crippen LogP contribution in [-0.2, 0) is 6.54 Å². The number of halogens is 1. The van der Waals surface area contributed by atoms with Crippen molar-refractivity contribution in [2.24, 2.45) is 0 Å².